The van der Waals surface area contributed by atoms with Gasteiger partial charge in [-0.05, 0) is 0 Å². The van der Waals surface area contributed by atoms with E-state index in [1.54, 1.807) is 18.3 Å². The van der Waals surface area contributed by atoms with Gasteiger partial charge in [-0.1, -0.05) is 32.5 Å². The molecule has 1 heterocycles. The minimum absolute atomic E-state index is 0.107. The average molecular weight is 229 g/mol. The van der Waals surface area contributed by atoms with Crippen molar-refractivity contribution in [3.63, 3.8) is 0 Å². The molecule has 14 heavy (non-hydrogen) atoms. The van der Waals surface area contributed by atoms with Crippen LogP contribution in [0.2, 0.25) is 0 Å². The number of thioether (sulfide) groups is 1. The largest absolute Gasteiger partial charge is 0.288 e. The van der Waals surface area contributed by atoms with Crippen molar-refractivity contribution in [2.75, 3.05) is 0 Å². The van der Waals surface area contributed by atoms with Gasteiger partial charge >= 0.3 is 0 Å². The maximum Gasteiger partial charge on any atom is 0.186 e. The molecule has 0 saturated heterocycles. The van der Waals surface area contributed by atoms with Crippen LogP contribution in [0.25, 0.3) is 0 Å². The highest BCUT2D eigenvalue weighted by atomic mass is 32.2. The monoisotopic (exact) mass is 229 g/mol. The van der Waals surface area contributed by atoms with Crippen LogP contribution >= 0.6 is 23.1 Å². The van der Waals surface area contributed by atoms with E-state index < -0.39 is 0 Å². The summed E-state index contributed by atoms with van der Waals surface area (Å²) in [6, 6.07) is 0. The molecule has 1 rings (SSSR count). The third-order valence-electron chi connectivity index (χ3n) is 1.72. The second-order valence-electron chi connectivity index (χ2n) is 4.16. The first kappa shape index (κ1) is 11.7. The molecule has 0 aliphatic carbocycles. The molecule has 0 unspecified atom stereocenters. The summed E-state index contributed by atoms with van der Waals surface area (Å²) in [4.78, 5) is 15.3. The molecule has 0 fully saturated rings. The quantitative estimate of drug-likeness (QED) is 0.780. The molecule has 0 saturated carbocycles. The predicted molar refractivity (Wildman–Crippen MR) is 62.8 cm³/mol. The molecular weight excluding hydrogens is 214 g/mol. The minimum atomic E-state index is 0.107. The van der Waals surface area contributed by atoms with Gasteiger partial charge in [-0.25, -0.2) is 4.98 Å². The topological polar surface area (TPSA) is 30.0 Å². The molecule has 0 spiro atoms. The molecule has 2 nitrogen and oxygen atoms in total. The van der Waals surface area contributed by atoms with Crippen LogP contribution in [0.4, 0.5) is 0 Å². The van der Waals surface area contributed by atoms with Crippen LogP contribution < -0.4 is 0 Å². The summed E-state index contributed by atoms with van der Waals surface area (Å²) in [5, 5.41) is 3.27. The standard InChI is InChI=1S/C10H15NOS2/c1-7(12)13-6-9-11-8(5-14-9)10(2,3)4/h5H,6H2,1-4H3. The van der Waals surface area contributed by atoms with Crippen LogP contribution in [0.3, 0.4) is 0 Å². The van der Waals surface area contributed by atoms with Gasteiger partial charge in [-0.15, -0.1) is 11.3 Å². The van der Waals surface area contributed by atoms with Crippen LogP contribution in [0.5, 0.6) is 0 Å². The Bertz CT molecular complexity index is 325. The van der Waals surface area contributed by atoms with Crippen LogP contribution in [0, 0.1) is 0 Å². The SMILES string of the molecule is CC(=O)SCc1nc(C(C)(C)C)cs1. The van der Waals surface area contributed by atoms with Gasteiger partial charge in [-0.3, -0.25) is 4.79 Å². The number of carbonyl (C=O) groups excluding carboxylic acids is 1. The Morgan fingerprint density at radius 2 is 2.21 bits per heavy atom. The van der Waals surface area contributed by atoms with E-state index in [4.69, 9.17) is 0 Å². The molecule has 4 heteroatoms. The molecule has 0 atom stereocenters. The smallest absolute Gasteiger partial charge is 0.186 e. The number of hydrogen-bond acceptors (Lipinski definition) is 4. The minimum Gasteiger partial charge on any atom is -0.288 e. The van der Waals surface area contributed by atoms with Crippen LogP contribution in [0.15, 0.2) is 5.38 Å². The lowest BCUT2D eigenvalue weighted by atomic mass is 9.93. The van der Waals surface area contributed by atoms with Gasteiger partial charge < -0.3 is 0 Å². The number of carbonyl (C=O) groups is 1. The van der Waals surface area contributed by atoms with Crippen molar-refractivity contribution in [1.29, 1.82) is 0 Å². The normalized spacial score (nSPS) is 11.7. The first-order valence-electron chi connectivity index (χ1n) is 4.48. The lowest BCUT2D eigenvalue weighted by molar-refractivity contribution is -0.109. The molecule has 0 bridgehead atoms. The maximum absolute atomic E-state index is 10.8. The molecule has 0 aliphatic heterocycles. The average Bonchev–Trinajstić information content (AvgIpc) is 2.47. The van der Waals surface area contributed by atoms with Gasteiger partial charge in [0.15, 0.2) is 5.12 Å². The Labute approximate surface area is 93.1 Å². The van der Waals surface area contributed by atoms with Gasteiger partial charge in [0.25, 0.3) is 0 Å². The van der Waals surface area contributed by atoms with Gasteiger partial charge in [0.05, 0.1) is 11.4 Å². The Hall–Kier alpha value is -0.350. The summed E-state index contributed by atoms with van der Waals surface area (Å²) >= 11 is 2.95. The molecule has 0 aromatic carbocycles. The summed E-state index contributed by atoms with van der Waals surface area (Å²) in [5.74, 6) is 0.704. The van der Waals surface area contributed by atoms with Crippen molar-refractivity contribution in [1.82, 2.24) is 4.98 Å². The van der Waals surface area contributed by atoms with Crippen molar-refractivity contribution >= 4 is 28.2 Å². The highest BCUT2D eigenvalue weighted by Crippen LogP contribution is 2.25. The van der Waals surface area contributed by atoms with Gasteiger partial charge in [0.1, 0.15) is 5.01 Å². The molecule has 1 aromatic heterocycles. The van der Waals surface area contributed by atoms with E-state index in [9.17, 15) is 4.79 Å². The number of thiazole rings is 1. The fraction of sp³-hybridized carbons (Fsp3) is 0.600. The first-order chi connectivity index (χ1) is 6.39. The molecule has 78 valence electrons. The van der Waals surface area contributed by atoms with E-state index in [0.717, 1.165) is 10.7 Å². The summed E-state index contributed by atoms with van der Waals surface area (Å²) in [7, 11) is 0. The summed E-state index contributed by atoms with van der Waals surface area (Å²) in [6.45, 7) is 8.01. The third-order valence-corrected chi connectivity index (χ3v) is 3.57. The van der Waals surface area contributed by atoms with Crippen molar-refractivity contribution in [3.8, 4) is 0 Å². The number of hydrogen-bond donors (Lipinski definition) is 0. The molecule has 0 N–H and O–H groups in total. The van der Waals surface area contributed by atoms with E-state index in [1.807, 2.05) is 0 Å². The van der Waals surface area contributed by atoms with E-state index in [1.165, 1.54) is 11.8 Å². The van der Waals surface area contributed by atoms with Gasteiger partial charge in [0.2, 0.25) is 0 Å². The Kier molecular flexibility index (Phi) is 3.72. The Morgan fingerprint density at radius 1 is 1.57 bits per heavy atom. The number of nitrogens with zero attached hydrogens (tertiary/aromatic N) is 1. The number of aromatic nitrogens is 1. The zero-order valence-corrected chi connectivity index (χ0v) is 10.6. The summed E-state index contributed by atoms with van der Waals surface area (Å²) in [6.07, 6.45) is 0. The fourth-order valence-corrected chi connectivity index (χ4v) is 2.53. The van der Waals surface area contributed by atoms with E-state index in [0.29, 0.717) is 5.75 Å². The van der Waals surface area contributed by atoms with Crippen molar-refractivity contribution in [2.45, 2.75) is 38.9 Å². The Balaban J connectivity index is 2.64. The van der Waals surface area contributed by atoms with Crippen LogP contribution in [-0.2, 0) is 16.0 Å². The highest BCUT2D eigenvalue weighted by molar-refractivity contribution is 8.12. The molecule has 1 aromatic rings. The van der Waals surface area contributed by atoms with Gasteiger partial charge in [-0.2, -0.15) is 0 Å². The molecule has 0 amide bonds. The highest BCUT2D eigenvalue weighted by Gasteiger charge is 2.17. The molecule has 0 radical (unpaired) electrons. The Morgan fingerprint density at radius 3 is 2.64 bits per heavy atom. The molecule has 0 aliphatic rings. The predicted octanol–water partition coefficient (Wildman–Crippen LogP) is 3.22. The van der Waals surface area contributed by atoms with E-state index in [2.05, 4.69) is 31.1 Å². The lowest BCUT2D eigenvalue weighted by Crippen LogP contribution is -2.11. The third kappa shape index (κ3) is 3.42. The fourth-order valence-electron chi connectivity index (χ4n) is 0.885. The van der Waals surface area contributed by atoms with Crippen molar-refractivity contribution in [3.05, 3.63) is 16.1 Å². The van der Waals surface area contributed by atoms with Crippen LogP contribution in [0.1, 0.15) is 38.4 Å². The first-order valence-corrected chi connectivity index (χ1v) is 6.34. The lowest BCUT2D eigenvalue weighted by Gasteiger charge is -2.14. The second-order valence-corrected chi connectivity index (χ2v) is 6.25. The van der Waals surface area contributed by atoms with E-state index in [-0.39, 0.29) is 10.5 Å². The summed E-state index contributed by atoms with van der Waals surface area (Å²) in [5.41, 5.74) is 1.22. The maximum atomic E-state index is 10.8. The van der Waals surface area contributed by atoms with Crippen molar-refractivity contribution < 1.29 is 4.79 Å². The second kappa shape index (κ2) is 4.45. The van der Waals surface area contributed by atoms with Gasteiger partial charge in [0, 0.05) is 17.7 Å². The van der Waals surface area contributed by atoms with E-state index >= 15 is 0 Å². The zero-order chi connectivity index (χ0) is 10.8. The zero-order valence-electron chi connectivity index (χ0n) is 8.96. The van der Waals surface area contributed by atoms with Crippen molar-refractivity contribution in [2.24, 2.45) is 0 Å². The molecular formula is C10H15NOS2. The van der Waals surface area contributed by atoms with Crippen LogP contribution in [-0.4, -0.2) is 10.1 Å². The summed E-state index contributed by atoms with van der Waals surface area (Å²) < 4.78 is 0. The number of rotatable bonds is 2.